The van der Waals surface area contributed by atoms with Gasteiger partial charge < -0.3 is 15.4 Å². The van der Waals surface area contributed by atoms with Crippen LogP contribution in [0.25, 0.3) is 0 Å². The smallest absolute Gasteiger partial charge is 0.341 e. The Labute approximate surface area is 135 Å². The molecule has 0 aliphatic heterocycles. The molecular weight excluding hydrogens is 304 g/mol. The van der Waals surface area contributed by atoms with Gasteiger partial charge in [0.15, 0.2) is 5.11 Å². The Hall–Kier alpha value is -1.14. The van der Waals surface area contributed by atoms with E-state index in [9.17, 15) is 4.79 Å². The SMILES string of the molecule is CCc1c(C)sc(NC(=S)NC2CCCC2)c1C(=O)OC. The van der Waals surface area contributed by atoms with E-state index in [4.69, 9.17) is 17.0 Å². The Kier molecular flexibility index (Phi) is 5.58. The van der Waals surface area contributed by atoms with Gasteiger partial charge in [0, 0.05) is 10.9 Å². The van der Waals surface area contributed by atoms with Crippen LogP contribution in [0.2, 0.25) is 0 Å². The third-order valence-electron chi connectivity index (χ3n) is 3.87. The molecule has 0 bridgehead atoms. The fourth-order valence-electron chi connectivity index (χ4n) is 2.81. The number of methoxy groups -OCH3 is 1. The third kappa shape index (κ3) is 3.74. The summed E-state index contributed by atoms with van der Waals surface area (Å²) in [6, 6.07) is 0.457. The molecule has 21 heavy (non-hydrogen) atoms. The minimum atomic E-state index is -0.303. The summed E-state index contributed by atoms with van der Waals surface area (Å²) in [6.45, 7) is 4.06. The second kappa shape index (κ2) is 7.22. The second-order valence-corrected chi connectivity index (χ2v) is 6.90. The Morgan fingerprint density at radius 2 is 2.10 bits per heavy atom. The Bertz CT molecular complexity index is 534. The van der Waals surface area contributed by atoms with E-state index in [1.807, 2.05) is 13.8 Å². The summed E-state index contributed by atoms with van der Waals surface area (Å²) in [7, 11) is 1.41. The molecule has 0 unspecified atom stereocenters. The topological polar surface area (TPSA) is 50.4 Å². The first-order valence-corrected chi connectivity index (χ1v) is 8.57. The monoisotopic (exact) mass is 326 g/mol. The molecule has 0 radical (unpaired) electrons. The molecule has 2 rings (SSSR count). The number of carbonyl (C=O) groups is 1. The molecule has 1 aliphatic rings. The summed E-state index contributed by atoms with van der Waals surface area (Å²) in [6.07, 6.45) is 5.64. The van der Waals surface area contributed by atoms with Crippen LogP contribution in [-0.4, -0.2) is 24.2 Å². The Morgan fingerprint density at radius 1 is 1.43 bits per heavy atom. The van der Waals surface area contributed by atoms with Crippen LogP contribution >= 0.6 is 23.6 Å². The number of anilines is 1. The van der Waals surface area contributed by atoms with Crippen molar-refractivity contribution < 1.29 is 9.53 Å². The molecule has 0 spiro atoms. The number of rotatable bonds is 4. The van der Waals surface area contributed by atoms with Gasteiger partial charge in [0.1, 0.15) is 5.00 Å². The molecule has 1 aromatic heterocycles. The average Bonchev–Trinajstić information content (AvgIpc) is 3.05. The lowest BCUT2D eigenvalue weighted by molar-refractivity contribution is 0.0601. The van der Waals surface area contributed by atoms with Gasteiger partial charge in [-0.15, -0.1) is 11.3 Å². The zero-order valence-electron chi connectivity index (χ0n) is 12.7. The molecule has 1 aliphatic carbocycles. The summed E-state index contributed by atoms with van der Waals surface area (Å²) in [5.74, 6) is -0.303. The van der Waals surface area contributed by atoms with Gasteiger partial charge >= 0.3 is 5.97 Å². The van der Waals surface area contributed by atoms with E-state index in [1.165, 1.54) is 20.0 Å². The summed E-state index contributed by atoms with van der Waals surface area (Å²) < 4.78 is 4.91. The average molecular weight is 326 g/mol. The quantitative estimate of drug-likeness (QED) is 0.653. The molecule has 0 amide bonds. The highest BCUT2D eigenvalue weighted by Crippen LogP contribution is 2.34. The lowest BCUT2D eigenvalue weighted by atomic mass is 10.1. The number of hydrogen-bond donors (Lipinski definition) is 2. The summed E-state index contributed by atoms with van der Waals surface area (Å²) in [5, 5.41) is 7.90. The molecule has 1 aromatic rings. The van der Waals surface area contributed by atoms with Gasteiger partial charge in [-0.1, -0.05) is 19.8 Å². The van der Waals surface area contributed by atoms with Crippen molar-refractivity contribution in [2.75, 3.05) is 12.4 Å². The molecule has 1 fully saturated rings. The molecule has 6 heteroatoms. The second-order valence-electron chi connectivity index (χ2n) is 5.27. The highest BCUT2D eigenvalue weighted by molar-refractivity contribution is 7.80. The van der Waals surface area contributed by atoms with Crippen molar-refractivity contribution in [3.63, 3.8) is 0 Å². The van der Waals surface area contributed by atoms with E-state index in [1.54, 1.807) is 11.3 Å². The first kappa shape index (κ1) is 16.2. The fourth-order valence-corrected chi connectivity index (χ4v) is 4.28. The Balaban J connectivity index is 2.14. The van der Waals surface area contributed by atoms with Gasteiger partial charge in [0.05, 0.1) is 12.7 Å². The predicted molar refractivity (Wildman–Crippen MR) is 91.4 cm³/mol. The first-order chi connectivity index (χ1) is 10.1. The fraction of sp³-hybridized carbons (Fsp3) is 0.600. The zero-order chi connectivity index (χ0) is 15.4. The van der Waals surface area contributed by atoms with E-state index in [-0.39, 0.29) is 5.97 Å². The van der Waals surface area contributed by atoms with Crippen LogP contribution in [0.5, 0.6) is 0 Å². The van der Waals surface area contributed by atoms with Crippen LogP contribution in [0.15, 0.2) is 0 Å². The standard InChI is InChI=1S/C15H22N2O2S2/c1-4-11-9(2)21-13(12(11)14(18)19-3)17-15(20)16-10-7-5-6-8-10/h10H,4-8H2,1-3H3,(H2,16,17,20). The van der Waals surface area contributed by atoms with E-state index in [0.29, 0.717) is 16.7 Å². The van der Waals surface area contributed by atoms with Crippen molar-refractivity contribution in [3.8, 4) is 0 Å². The van der Waals surface area contributed by atoms with E-state index in [0.717, 1.165) is 34.7 Å². The van der Waals surface area contributed by atoms with Crippen LogP contribution < -0.4 is 10.6 Å². The normalized spacial score (nSPS) is 15.0. The van der Waals surface area contributed by atoms with Crippen molar-refractivity contribution in [2.24, 2.45) is 0 Å². The minimum Gasteiger partial charge on any atom is -0.465 e. The van der Waals surface area contributed by atoms with Gasteiger partial charge in [-0.3, -0.25) is 0 Å². The van der Waals surface area contributed by atoms with Crippen LogP contribution in [0.1, 0.15) is 53.4 Å². The summed E-state index contributed by atoms with van der Waals surface area (Å²) in [5.41, 5.74) is 1.66. The highest BCUT2D eigenvalue weighted by Gasteiger charge is 2.23. The van der Waals surface area contributed by atoms with Crippen molar-refractivity contribution in [1.82, 2.24) is 5.32 Å². The van der Waals surface area contributed by atoms with Crippen LogP contribution in [-0.2, 0) is 11.2 Å². The number of hydrogen-bond acceptors (Lipinski definition) is 4. The number of aryl methyl sites for hydroxylation is 1. The van der Waals surface area contributed by atoms with Gasteiger partial charge in [-0.05, 0) is 44.0 Å². The number of thiophene rings is 1. The molecule has 2 N–H and O–H groups in total. The lowest BCUT2D eigenvalue weighted by Crippen LogP contribution is -2.36. The van der Waals surface area contributed by atoms with Gasteiger partial charge in [0.25, 0.3) is 0 Å². The molecule has 0 atom stereocenters. The Morgan fingerprint density at radius 3 is 2.67 bits per heavy atom. The van der Waals surface area contributed by atoms with Crippen LogP contribution in [0, 0.1) is 6.92 Å². The van der Waals surface area contributed by atoms with E-state index in [2.05, 4.69) is 10.6 Å². The molecule has 1 heterocycles. The van der Waals surface area contributed by atoms with Crippen molar-refractivity contribution in [1.29, 1.82) is 0 Å². The lowest BCUT2D eigenvalue weighted by Gasteiger charge is -2.15. The molecular formula is C15H22N2O2S2. The maximum absolute atomic E-state index is 12.0. The highest BCUT2D eigenvalue weighted by atomic mass is 32.1. The number of carbonyl (C=O) groups excluding carboxylic acids is 1. The maximum Gasteiger partial charge on any atom is 0.341 e. The number of nitrogens with one attached hydrogen (secondary N) is 2. The molecule has 1 saturated carbocycles. The minimum absolute atomic E-state index is 0.303. The van der Waals surface area contributed by atoms with Gasteiger partial charge in [-0.2, -0.15) is 0 Å². The first-order valence-electron chi connectivity index (χ1n) is 7.34. The number of thiocarbonyl (C=S) groups is 1. The van der Waals surface area contributed by atoms with Crippen molar-refractivity contribution >= 4 is 39.6 Å². The molecule has 0 saturated heterocycles. The number of esters is 1. The van der Waals surface area contributed by atoms with Crippen molar-refractivity contribution in [3.05, 3.63) is 16.0 Å². The third-order valence-corrected chi connectivity index (χ3v) is 5.15. The number of ether oxygens (including phenoxy) is 1. The predicted octanol–water partition coefficient (Wildman–Crippen LogP) is 3.63. The summed E-state index contributed by atoms with van der Waals surface area (Å²) in [4.78, 5) is 13.2. The largest absolute Gasteiger partial charge is 0.465 e. The molecule has 0 aromatic carbocycles. The molecule has 116 valence electrons. The van der Waals surface area contributed by atoms with Gasteiger partial charge in [0.2, 0.25) is 0 Å². The van der Waals surface area contributed by atoms with E-state index >= 15 is 0 Å². The van der Waals surface area contributed by atoms with Crippen molar-refractivity contribution in [2.45, 2.75) is 52.0 Å². The maximum atomic E-state index is 12.0. The van der Waals surface area contributed by atoms with E-state index < -0.39 is 0 Å². The summed E-state index contributed by atoms with van der Waals surface area (Å²) >= 11 is 6.93. The van der Waals surface area contributed by atoms with Gasteiger partial charge in [-0.25, -0.2) is 4.79 Å². The van der Waals surface area contributed by atoms with Crippen LogP contribution in [0.3, 0.4) is 0 Å². The van der Waals surface area contributed by atoms with Crippen LogP contribution in [0.4, 0.5) is 5.00 Å². The zero-order valence-corrected chi connectivity index (χ0v) is 14.4. The molecule has 4 nitrogen and oxygen atoms in total.